The van der Waals surface area contributed by atoms with Gasteiger partial charge in [0, 0.05) is 11.5 Å². The molecule has 0 unspecified atom stereocenters. The summed E-state index contributed by atoms with van der Waals surface area (Å²) in [5.41, 5.74) is 4.14. The topological polar surface area (TPSA) is 63.2 Å². The number of hydrogen-bond donors (Lipinski definition) is 0. The standard InChI is InChI=1S/C30H40O6/c1-9-19(2)29(31)36-18-24-22(14-20-10-12-23(13-11-20)30(3,4)5)17-35-27(24)21-15-25(32-6)28(34-8)26(16-21)33-7/h9-13,15-16,22,24,27H,14,17-18H2,1-8H3/b19-9-/t22-,24-,27+/m0/s1. The van der Waals surface area contributed by atoms with Crippen LogP contribution in [0.5, 0.6) is 17.2 Å². The van der Waals surface area contributed by atoms with Crippen molar-refractivity contribution in [3.05, 3.63) is 64.7 Å². The normalized spacial score (nSPS) is 20.2. The summed E-state index contributed by atoms with van der Waals surface area (Å²) >= 11 is 0. The number of carbonyl (C=O) groups excluding carboxylic acids is 1. The number of benzene rings is 2. The Morgan fingerprint density at radius 2 is 1.64 bits per heavy atom. The summed E-state index contributed by atoms with van der Waals surface area (Å²) in [6.07, 6.45) is 2.31. The van der Waals surface area contributed by atoms with Crippen LogP contribution < -0.4 is 14.2 Å². The summed E-state index contributed by atoms with van der Waals surface area (Å²) in [6.45, 7) is 11.1. The molecular weight excluding hydrogens is 456 g/mol. The number of methoxy groups -OCH3 is 3. The average molecular weight is 497 g/mol. The minimum atomic E-state index is -0.304. The van der Waals surface area contributed by atoms with Crippen molar-refractivity contribution < 1.29 is 28.5 Å². The smallest absolute Gasteiger partial charge is 0.333 e. The second-order valence-electron chi connectivity index (χ2n) is 10.4. The number of carbonyl (C=O) groups is 1. The SMILES string of the molecule is C/C=C(/C)C(=O)OC[C@H]1[C@@H](Cc2ccc(C(C)(C)C)cc2)CO[C@@H]1c1cc(OC)c(OC)c(OC)c1. The number of esters is 1. The zero-order chi connectivity index (χ0) is 26.5. The number of rotatable bonds is 9. The molecule has 1 aliphatic heterocycles. The molecule has 3 atom stereocenters. The van der Waals surface area contributed by atoms with Gasteiger partial charge < -0.3 is 23.7 Å². The molecule has 0 saturated carbocycles. The maximum atomic E-state index is 12.5. The maximum Gasteiger partial charge on any atom is 0.333 e. The van der Waals surface area contributed by atoms with Crippen molar-refractivity contribution in [3.8, 4) is 17.2 Å². The van der Waals surface area contributed by atoms with Crippen molar-refractivity contribution >= 4 is 5.97 Å². The van der Waals surface area contributed by atoms with E-state index in [1.807, 2.05) is 19.1 Å². The van der Waals surface area contributed by atoms with E-state index >= 15 is 0 Å². The van der Waals surface area contributed by atoms with Crippen LogP contribution in [0.3, 0.4) is 0 Å². The summed E-state index contributed by atoms with van der Waals surface area (Å²) in [5, 5.41) is 0. The van der Waals surface area contributed by atoms with Gasteiger partial charge in [0.25, 0.3) is 0 Å². The molecule has 3 rings (SSSR count). The Morgan fingerprint density at radius 1 is 1.03 bits per heavy atom. The molecule has 0 radical (unpaired) electrons. The molecule has 0 aromatic heterocycles. The third-order valence-corrected chi connectivity index (χ3v) is 6.98. The molecule has 6 nitrogen and oxygen atoms in total. The predicted molar refractivity (Wildman–Crippen MR) is 141 cm³/mol. The molecule has 196 valence electrons. The minimum Gasteiger partial charge on any atom is -0.493 e. The fourth-order valence-electron chi connectivity index (χ4n) is 4.61. The minimum absolute atomic E-state index is 0.0382. The van der Waals surface area contributed by atoms with Crippen molar-refractivity contribution in [3.63, 3.8) is 0 Å². The Hall–Kier alpha value is -2.99. The van der Waals surface area contributed by atoms with Gasteiger partial charge in [-0.25, -0.2) is 4.79 Å². The first-order chi connectivity index (χ1) is 17.1. The Balaban J connectivity index is 1.91. The van der Waals surface area contributed by atoms with Crippen LogP contribution in [0.1, 0.15) is 57.4 Å². The van der Waals surface area contributed by atoms with Crippen LogP contribution in [0.25, 0.3) is 0 Å². The van der Waals surface area contributed by atoms with Crippen molar-refractivity contribution in [2.75, 3.05) is 34.5 Å². The molecule has 1 aliphatic rings. The highest BCUT2D eigenvalue weighted by Gasteiger charge is 2.40. The van der Waals surface area contributed by atoms with Crippen molar-refractivity contribution in [2.24, 2.45) is 11.8 Å². The zero-order valence-corrected chi connectivity index (χ0v) is 22.8. The first-order valence-corrected chi connectivity index (χ1v) is 12.4. The highest BCUT2D eigenvalue weighted by molar-refractivity contribution is 5.87. The van der Waals surface area contributed by atoms with Crippen LogP contribution in [0, 0.1) is 11.8 Å². The lowest BCUT2D eigenvalue weighted by Gasteiger charge is -2.25. The van der Waals surface area contributed by atoms with E-state index in [1.54, 1.807) is 34.3 Å². The van der Waals surface area contributed by atoms with Gasteiger partial charge >= 0.3 is 5.97 Å². The van der Waals surface area contributed by atoms with E-state index in [2.05, 4.69) is 45.0 Å². The fourth-order valence-corrected chi connectivity index (χ4v) is 4.61. The Morgan fingerprint density at radius 3 is 2.14 bits per heavy atom. The molecule has 1 fully saturated rings. The lowest BCUT2D eigenvalue weighted by molar-refractivity contribution is -0.141. The third kappa shape index (κ3) is 6.22. The maximum absolute atomic E-state index is 12.5. The van der Waals surface area contributed by atoms with Crippen LogP contribution in [-0.2, 0) is 26.1 Å². The van der Waals surface area contributed by atoms with Crippen molar-refractivity contribution in [1.82, 2.24) is 0 Å². The molecule has 0 bridgehead atoms. The first-order valence-electron chi connectivity index (χ1n) is 12.4. The second-order valence-corrected chi connectivity index (χ2v) is 10.4. The molecule has 1 heterocycles. The molecule has 36 heavy (non-hydrogen) atoms. The molecular formula is C30H40O6. The highest BCUT2D eigenvalue weighted by atomic mass is 16.5. The van der Waals surface area contributed by atoms with Crippen LogP contribution in [-0.4, -0.2) is 40.5 Å². The summed E-state index contributed by atoms with van der Waals surface area (Å²) in [6, 6.07) is 12.6. The lowest BCUT2D eigenvalue weighted by atomic mass is 9.82. The van der Waals surface area contributed by atoms with Crippen LogP contribution in [0.2, 0.25) is 0 Å². The van der Waals surface area contributed by atoms with Gasteiger partial charge in [0.05, 0.1) is 40.6 Å². The van der Waals surface area contributed by atoms with Gasteiger partial charge in [0.1, 0.15) is 0 Å². The Kier molecular flexibility index (Phi) is 9.07. The highest BCUT2D eigenvalue weighted by Crippen LogP contribution is 2.46. The van der Waals surface area contributed by atoms with E-state index in [0.29, 0.717) is 29.4 Å². The van der Waals surface area contributed by atoms with E-state index in [9.17, 15) is 4.79 Å². The fraction of sp³-hybridized carbons (Fsp3) is 0.500. The number of ether oxygens (including phenoxy) is 5. The van der Waals surface area contributed by atoms with Gasteiger partial charge in [-0.1, -0.05) is 51.1 Å². The Bertz CT molecular complexity index is 1040. The molecule has 0 N–H and O–H groups in total. The third-order valence-electron chi connectivity index (χ3n) is 6.98. The first kappa shape index (κ1) is 27.6. The number of allylic oxidation sites excluding steroid dienone is 1. The van der Waals surface area contributed by atoms with E-state index < -0.39 is 0 Å². The second kappa shape index (κ2) is 11.8. The molecule has 1 saturated heterocycles. The van der Waals surface area contributed by atoms with Gasteiger partial charge in [0.2, 0.25) is 5.75 Å². The van der Waals surface area contributed by atoms with E-state index in [-0.39, 0.29) is 35.9 Å². The van der Waals surface area contributed by atoms with Crippen LogP contribution >= 0.6 is 0 Å². The van der Waals surface area contributed by atoms with E-state index in [4.69, 9.17) is 23.7 Å². The van der Waals surface area contributed by atoms with Crippen molar-refractivity contribution in [1.29, 1.82) is 0 Å². The summed E-state index contributed by atoms with van der Waals surface area (Å²) in [7, 11) is 4.78. The van der Waals surface area contributed by atoms with Crippen LogP contribution in [0.4, 0.5) is 0 Å². The molecule has 0 aliphatic carbocycles. The summed E-state index contributed by atoms with van der Waals surface area (Å²) in [4.78, 5) is 12.5. The molecule has 0 amide bonds. The molecule has 0 spiro atoms. The summed E-state index contributed by atoms with van der Waals surface area (Å²) < 4.78 is 28.7. The van der Waals surface area contributed by atoms with Gasteiger partial charge in [-0.2, -0.15) is 0 Å². The lowest BCUT2D eigenvalue weighted by Crippen LogP contribution is -2.25. The van der Waals surface area contributed by atoms with Crippen molar-refractivity contribution in [2.45, 2.75) is 52.6 Å². The predicted octanol–water partition coefficient (Wildman–Crippen LogP) is 6.07. The monoisotopic (exact) mass is 496 g/mol. The Labute approximate surface area is 215 Å². The molecule has 2 aromatic rings. The van der Waals surface area contributed by atoms with Gasteiger partial charge in [0.15, 0.2) is 11.5 Å². The van der Waals surface area contributed by atoms with E-state index in [0.717, 1.165) is 12.0 Å². The molecule has 2 aromatic carbocycles. The van der Waals surface area contributed by atoms with Crippen LogP contribution in [0.15, 0.2) is 48.0 Å². The quantitative estimate of drug-likeness (QED) is 0.310. The largest absolute Gasteiger partial charge is 0.493 e. The summed E-state index contributed by atoms with van der Waals surface area (Å²) in [5.74, 6) is 1.50. The average Bonchev–Trinajstić information content (AvgIpc) is 3.27. The van der Waals surface area contributed by atoms with Gasteiger partial charge in [-0.15, -0.1) is 0 Å². The zero-order valence-electron chi connectivity index (χ0n) is 22.8. The van der Waals surface area contributed by atoms with Gasteiger partial charge in [-0.3, -0.25) is 0 Å². The number of hydrogen-bond acceptors (Lipinski definition) is 6. The molecule has 6 heteroatoms. The van der Waals surface area contributed by atoms with Gasteiger partial charge in [-0.05, 0) is 60.4 Å². The van der Waals surface area contributed by atoms with E-state index in [1.165, 1.54) is 11.1 Å².